The van der Waals surface area contributed by atoms with E-state index >= 15 is 0 Å². The molecule has 1 fully saturated rings. The zero-order valence-corrected chi connectivity index (χ0v) is 13.4. The second-order valence-corrected chi connectivity index (χ2v) is 7.48. The van der Waals surface area contributed by atoms with Gasteiger partial charge in [-0.05, 0) is 47.9 Å². The summed E-state index contributed by atoms with van der Waals surface area (Å²) in [5.41, 5.74) is 9.84. The minimum absolute atomic E-state index is 0.0447. The Hall–Kier alpha value is -1.02. The minimum Gasteiger partial charge on any atom is -0.508 e. The van der Waals surface area contributed by atoms with E-state index in [1.807, 2.05) is 6.07 Å². The maximum absolute atomic E-state index is 10.3. The second kappa shape index (κ2) is 5.40. The molecule has 1 aromatic carbocycles. The third-order valence-electron chi connectivity index (χ3n) is 4.92. The Balaban J connectivity index is 2.55. The fraction of sp³-hybridized carbons (Fsp3) is 0.667. The Morgan fingerprint density at radius 1 is 1.15 bits per heavy atom. The van der Waals surface area contributed by atoms with Crippen molar-refractivity contribution in [1.82, 2.24) is 0 Å². The van der Waals surface area contributed by atoms with Crippen LogP contribution in [0.5, 0.6) is 5.75 Å². The lowest BCUT2D eigenvalue weighted by Gasteiger charge is -2.39. The van der Waals surface area contributed by atoms with Crippen molar-refractivity contribution in [3.05, 3.63) is 28.8 Å². The summed E-state index contributed by atoms with van der Waals surface area (Å²) in [7, 11) is 0. The van der Waals surface area contributed by atoms with E-state index in [1.165, 1.54) is 43.2 Å². The molecule has 1 aromatic rings. The molecular weight excluding hydrogens is 246 g/mol. The van der Waals surface area contributed by atoms with Gasteiger partial charge in [0.1, 0.15) is 5.75 Å². The molecule has 2 nitrogen and oxygen atoms in total. The van der Waals surface area contributed by atoms with Crippen LogP contribution >= 0.6 is 0 Å². The van der Waals surface area contributed by atoms with E-state index in [9.17, 15) is 5.11 Å². The molecule has 20 heavy (non-hydrogen) atoms. The zero-order valence-electron chi connectivity index (χ0n) is 13.4. The number of rotatable bonds is 2. The Kier molecular flexibility index (Phi) is 4.15. The topological polar surface area (TPSA) is 46.2 Å². The largest absolute Gasteiger partial charge is 0.508 e. The van der Waals surface area contributed by atoms with Crippen LogP contribution in [0, 0.1) is 6.92 Å². The quantitative estimate of drug-likeness (QED) is 0.851. The Morgan fingerprint density at radius 2 is 1.75 bits per heavy atom. The Bertz CT molecular complexity index is 479. The number of aryl methyl sites for hydroxylation is 1. The van der Waals surface area contributed by atoms with Gasteiger partial charge in [0.25, 0.3) is 0 Å². The molecule has 0 heterocycles. The van der Waals surface area contributed by atoms with Gasteiger partial charge in [-0.25, -0.2) is 0 Å². The molecule has 0 spiro atoms. The van der Waals surface area contributed by atoms with Crippen LogP contribution in [0.1, 0.15) is 69.6 Å². The summed E-state index contributed by atoms with van der Waals surface area (Å²) < 4.78 is 0. The summed E-state index contributed by atoms with van der Waals surface area (Å²) in [5.74, 6) is 0.418. The van der Waals surface area contributed by atoms with Gasteiger partial charge in [-0.2, -0.15) is 0 Å². The van der Waals surface area contributed by atoms with Crippen LogP contribution in [0.25, 0.3) is 0 Å². The van der Waals surface area contributed by atoms with Gasteiger partial charge in [0.2, 0.25) is 0 Å². The van der Waals surface area contributed by atoms with E-state index in [1.54, 1.807) is 0 Å². The SMILES string of the molecule is Cc1cc(O)c(C(C)(C)C)cc1C1(CN)CCCCC1. The normalized spacial score (nSPS) is 19.1. The number of hydrogen-bond donors (Lipinski definition) is 2. The van der Waals surface area contributed by atoms with Gasteiger partial charge in [0, 0.05) is 12.0 Å². The first-order valence-electron chi connectivity index (χ1n) is 7.85. The van der Waals surface area contributed by atoms with E-state index in [4.69, 9.17) is 5.73 Å². The van der Waals surface area contributed by atoms with Crippen molar-refractivity contribution in [2.75, 3.05) is 6.54 Å². The highest BCUT2D eigenvalue weighted by Crippen LogP contribution is 2.43. The average molecular weight is 275 g/mol. The van der Waals surface area contributed by atoms with Crippen LogP contribution in [-0.2, 0) is 10.8 Å². The molecule has 1 aliphatic rings. The second-order valence-electron chi connectivity index (χ2n) is 7.48. The number of aromatic hydroxyl groups is 1. The highest BCUT2D eigenvalue weighted by molar-refractivity contribution is 5.48. The van der Waals surface area contributed by atoms with Crippen molar-refractivity contribution in [1.29, 1.82) is 0 Å². The van der Waals surface area contributed by atoms with Crippen molar-refractivity contribution >= 4 is 0 Å². The van der Waals surface area contributed by atoms with E-state index in [0.29, 0.717) is 12.3 Å². The molecule has 1 aliphatic carbocycles. The summed E-state index contributed by atoms with van der Waals surface area (Å²) in [6.07, 6.45) is 6.22. The van der Waals surface area contributed by atoms with Crippen molar-refractivity contribution in [2.45, 2.75) is 70.6 Å². The molecular formula is C18H29NO. The lowest BCUT2D eigenvalue weighted by molar-refractivity contribution is 0.298. The molecule has 112 valence electrons. The minimum atomic E-state index is -0.0447. The van der Waals surface area contributed by atoms with Gasteiger partial charge in [0.15, 0.2) is 0 Å². The zero-order chi connectivity index (χ0) is 15.0. The maximum atomic E-state index is 10.3. The summed E-state index contributed by atoms with van der Waals surface area (Å²) >= 11 is 0. The number of phenols is 1. The molecule has 0 atom stereocenters. The first-order chi connectivity index (χ1) is 9.30. The molecule has 0 aliphatic heterocycles. The van der Waals surface area contributed by atoms with Gasteiger partial charge in [-0.3, -0.25) is 0 Å². The first-order valence-corrected chi connectivity index (χ1v) is 7.85. The lowest BCUT2D eigenvalue weighted by Crippen LogP contribution is -2.38. The molecule has 3 N–H and O–H groups in total. The lowest BCUT2D eigenvalue weighted by atomic mass is 9.67. The summed E-state index contributed by atoms with van der Waals surface area (Å²) in [6.45, 7) is 9.27. The van der Waals surface area contributed by atoms with Gasteiger partial charge < -0.3 is 10.8 Å². The van der Waals surface area contributed by atoms with Crippen LogP contribution in [0.3, 0.4) is 0 Å². The van der Waals surface area contributed by atoms with Crippen molar-refractivity contribution in [2.24, 2.45) is 5.73 Å². The molecule has 0 amide bonds. The number of phenolic OH excluding ortho intramolecular Hbond substituents is 1. The molecule has 2 heteroatoms. The summed E-state index contributed by atoms with van der Waals surface area (Å²) in [5, 5.41) is 10.3. The van der Waals surface area contributed by atoms with E-state index in [2.05, 4.69) is 33.8 Å². The molecule has 1 saturated carbocycles. The van der Waals surface area contributed by atoms with Crippen LogP contribution in [0.2, 0.25) is 0 Å². The van der Waals surface area contributed by atoms with Gasteiger partial charge in [-0.15, -0.1) is 0 Å². The fourth-order valence-corrected chi connectivity index (χ4v) is 3.68. The molecule has 0 unspecified atom stereocenters. The van der Waals surface area contributed by atoms with E-state index in [0.717, 1.165) is 5.56 Å². The molecule has 0 bridgehead atoms. The molecule has 0 radical (unpaired) electrons. The van der Waals surface area contributed by atoms with Crippen molar-refractivity contribution in [3.8, 4) is 5.75 Å². The van der Waals surface area contributed by atoms with Gasteiger partial charge >= 0.3 is 0 Å². The van der Waals surface area contributed by atoms with Crippen molar-refractivity contribution < 1.29 is 5.11 Å². The molecule has 0 saturated heterocycles. The first kappa shape index (κ1) is 15.4. The Labute approximate surface area is 123 Å². The predicted octanol–water partition coefficient (Wildman–Crippen LogP) is 4.16. The standard InChI is InChI=1S/C18H29NO/c1-13-10-16(20)15(17(2,3)4)11-14(13)18(12-19)8-6-5-7-9-18/h10-11,20H,5-9,12,19H2,1-4H3. The van der Waals surface area contributed by atoms with Gasteiger partial charge in [-0.1, -0.05) is 46.1 Å². The van der Waals surface area contributed by atoms with Crippen LogP contribution in [-0.4, -0.2) is 11.7 Å². The van der Waals surface area contributed by atoms with Crippen LogP contribution < -0.4 is 5.73 Å². The highest BCUT2D eigenvalue weighted by Gasteiger charge is 2.35. The fourth-order valence-electron chi connectivity index (χ4n) is 3.68. The third kappa shape index (κ3) is 2.71. The maximum Gasteiger partial charge on any atom is 0.119 e. The van der Waals surface area contributed by atoms with Crippen LogP contribution in [0.4, 0.5) is 0 Å². The predicted molar refractivity (Wildman–Crippen MR) is 85.4 cm³/mol. The summed E-state index contributed by atoms with van der Waals surface area (Å²) in [4.78, 5) is 0. The van der Waals surface area contributed by atoms with Crippen LogP contribution in [0.15, 0.2) is 12.1 Å². The Morgan fingerprint density at radius 3 is 2.25 bits per heavy atom. The van der Waals surface area contributed by atoms with E-state index in [-0.39, 0.29) is 10.8 Å². The number of hydrogen-bond acceptors (Lipinski definition) is 2. The summed E-state index contributed by atoms with van der Waals surface area (Å²) in [6, 6.07) is 4.16. The third-order valence-corrected chi connectivity index (χ3v) is 4.92. The van der Waals surface area contributed by atoms with Gasteiger partial charge in [0.05, 0.1) is 0 Å². The average Bonchev–Trinajstić information content (AvgIpc) is 2.38. The molecule has 2 rings (SSSR count). The highest BCUT2D eigenvalue weighted by atomic mass is 16.3. The van der Waals surface area contributed by atoms with E-state index < -0.39 is 0 Å². The number of benzene rings is 1. The smallest absolute Gasteiger partial charge is 0.119 e. The monoisotopic (exact) mass is 275 g/mol. The molecule has 0 aromatic heterocycles. The number of nitrogens with two attached hydrogens (primary N) is 1. The van der Waals surface area contributed by atoms with Crippen molar-refractivity contribution in [3.63, 3.8) is 0 Å².